The van der Waals surface area contributed by atoms with Gasteiger partial charge >= 0.3 is 0 Å². The van der Waals surface area contributed by atoms with Crippen LogP contribution in [0, 0.1) is 17.6 Å². The Morgan fingerprint density at radius 3 is 2.86 bits per heavy atom. The number of likely N-dealkylation sites (tertiary alicyclic amines) is 1. The molecule has 2 aliphatic rings. The maximum absolute atomic E-state index is 13.3. The molecule has 0 saturated carbocycles. The Hall–Kier alpha value is -1.53. The predicted octanol–water partition coefficient (Wildman–Crippen LogP) is 1.64. The first-order valence-electron chi connectivity index (χ1n) is 7.55. The fourth-order valence-corrected chi connectivity index (χ4v) is 3.26. The highest BCUT2D eigenvalue weighted by molar-refractivity contribution is 5.77. The second-order valence-electron chi connectivity index (χ2n) is 6.16. The van der Waals surface area contributed by atoms with Gasteiger partial charge in [0.25, 0.3) is 0 Å². The molecule has 0 spiro atoms. The second-order valence-corrected chi connectivity index (χ2v) is 6.16. The van der Waals surface area contributed by atoms with Crippen LogP contribution in [-0.4, -0.2) is 55.1 Å². The lowest BCUT2D eigenvalue weighted by atomic mass is 9.94. The minimum Gasteiger partial charge on any atom is -0.368 e. The molecule has 0 radical (unpaired) electrons. The van der Waals surface area contributed by atoms with Crippen LogP contribution in [0.1, 0.15) is 12.0 Å². The number of nitrogens with zero attached hydrogens (tertiary/aromatic N) is 2. The van der Waals surface area contributed by atoms with E-state index in [9.17, 15) is 13.6 Å². The van der Waals surface area contributed by atoms with Crippen molar-refractivity contribution in [1.82, 2.24) is 9.80 Å². The number of amides is 1. The molecule has 22 heavy (non-hydrogen) atoms. The van der Waals surface area contributed by atoms with Gasteiger partial charge in [-0.05, 0) is 24.1 Å². The first-order valence-corrected chi connectivity index (χ1v) is 7.55. The van der Waals surface area contributed by atoms with E-state index < -0.39 is 11.6 Å². The van der Waals surface area contributed by atoms with E-state index in [2.05, 4.69) is 4.90 Å². The van der Waals surface area contributed by atoms with Crippen LogP contribution < -0.4 is 0 Å². The van der Waals surface area contributed by atoms with Crippen LogP contribution >= 0.6 is 0 Å². The molecule has 4 nitrogen and oxygen atoms in total. The molecule has 1 amide bonds. The van der Waals surface area contributed by atoms with Gasteiger partial charge in [0.1, 0.15) is 6.61 Å². The summed E-state index contributed by atoms with van der Waals surface area (Å²) in [6, 6.07) is 4.03. The van der Waals surface area contributed by atoms with E-state index in [4.69, 9.17) is 4.74 Å². The van der Waals surface area contributed by atoms with Crippen LogP contribution in [0.2, 0.25) is 0 Å². The quantitative estimate of drug-likeness (QED) is 0.832. The Labute approximate surface area is 128 Å². The number of fused-ring (bicyclic) bond motifs is 1. The SMILES string of the molecule is CN1C[C@H]2CN(Cc3ccc(F)c(F)c3)CC[C@@H]2OCC1=O. The molecule has 0 aromatic heterocycles. The topological polar surface area (TPSA) is 32.8 Å². The standard InChI is InChI=1S/C16H20F2N2O2/c1-19-8-12-9-20(5-4-15(12)22-10-16(19)21)7-11-2-3-13(17)14(18)6-11/h2-3,6,12,15H,4-5,7-10H2,1H3/t12-,15-/m0/s1. The molecule has 2 atom stereocenters. The van der Waals surface area contributed by atoms with Crippen molar-refractivity contribution in [1.29, 1.82) is 0 Å². The number of rotatable bonds is 2. The molecule has 2 fully saturated rings. The lowest BCUT2D eigenvalue weighted by molar-refractivity contribution is -0.133. The van der Waals surface area contributed by atoms with Gasteiger partial charge in [-0.25, -0.2) is 8.78 Å². The summed E-state index contributed by atoms with van der Waals surface area (Å²) in [5.74, 6) is -1.35. The van der Waals surface area contributed by atoms with Crippen LogP contribution in [0.25, 0.3) is 0 Å². The normalized spacial score (nSPS) is 26.7. The molecule has 2 heterocycles. The number of carbonyl (C=O) groups is 1. The average molecular weight is 310 g/mol. The lowest BCUT2D eigenvalue weighted by Crippen LogP contribution is -2.46. The summed E-state index contributed by atoms with van der Waals surface area (Å²) in [6.07, 6.45) is 0.963. The summed E-state index contributed by atoms with van der Waals surface area (Å²) in [4.78, 5) is 15.6. The van der Waals surface area contributed by atoms with Crippen LogP contribution in [0.3, 0.4) is 0 Å². The van der Waals surface area contributed by atoms with Crippen molar-refractivity contribution in [3.8, 4) is 0 Å². The molecular formula is C16H20F2N2O2. The third-order valence-corrected chi connectivity index (χ3v) is 4.49. The van der Waals surface area contributed by atoms with Crippen LogP contribution in [0.5, 0.6) is 0 Å². The van der Waals surface area contributed by atoms with E-state index in [1.807, 2.05) is 0 Å². The number of benzene rings is 1. The average Bonchev–Trinajstić information content (AvgIpc) is 2.62. The maximum Gasteiger partial charge on any atom is 0.248 e. The van der Waals surface area contributed by atoms with Crippen LogP contribution in [0.4, 0.5) is 8.78 Å². The number of ether oxygens (including phenoxy) is 1. The largest absolute Gasteiger partial charge is 0.368 e. The van der Waals surface area contributed by atoms with Gasteiger partial charge < -0.3 is 9.64 Å². The molecule has 1 aromatic rings. The van der Waals surface area contributed by atoms with Gasteiger partial charge in [0, 0.05) is 39.1 Å². The number of carbonyl (C=O) groups excluding carboxylic acids is 1. The van der Waals surface area contributed by atoms with Gasteiger partial charge in [-0.3, -0.25) is 9.69 Å². The maximum atomic E-state index is 13.3. The molecule has 2 saturated heterocycles. The first kappa shape index (κ1) is 15.4. The number of halogens is 2. The van der Waals surface area contributed by atoms with Crippen molar-refractivity contribution in [2.24, 2.45) is 5.92 Å². The van der Waals surface area contributed by atoms with E-state index in [0.29, 0.717) is 13.1 Å². The van der Waals surface area contributed by atoms with Crippen molar-refractivity contribution >= 4 is 5.91 Å². The molecule has 0 unspecified atom stereocenters. The zero-order valence-electron chi connectivity index (χ0n) is 12.6. The summed E-state index contributed by atoms with van der Waals surface area (Å²) in [6.45, 7) is 3.04. The summed E-state index contributed by atoms with van der Waals surface area (Å²) in [5, 5.41) is 0. The summed E-state index contributed by atoms with van der Waals surface area (Å²) >= 11 is 0. The zero-order chi connectivity index (χ0) is 15.7. The molecule has 1 aromatic carbocycles. The lowest BCUT2D eigenvalue weighted by Gasteiger charge is -2.37. The smallest absolute Gasteiger partial charge is 0.248 e. The Kier molecular flexibility index (Phi) is 4.40. The highest BCUT2D eigenvalue weighted by atomic mass is 19.2. The van der Waals surface area contributed by atoms with Gasteiger partial charge in [-0.15, -0.1) is 0 Å². The molecule has 0 N–H and O–H groups in total. The molecule has 6 heteroatoms. The van der Waals surface area contributed by atoms with E-state index in [-0.39, 0.29) is 24.5 Å². The number of piperidine rings is 1. The van der Waals surface area contributed by atoms with Crippen molar-refractivity contribution in [2.75, 3.05) is 33.3 Å². The van der Waals surface area contributed by atoms with Gasteiger partial charge in [0.2, 0.25) is 5.91 Å². The number of hydrogen-bond donors (Lipinski definition) is 0. The predicted molar refractivity (Wildman–Crippen MR) is 77.1 cm³/mol. The number of hydrogen-bond acceptors (Lipinski definition) is 3. The van der Waals surface area contributed by atoms with E-state index >= 15 is 0 Å². The summed E-state index contributed by atoms with van der Waals surface area (Å²) in [5.41, 5.74) is 0.760. The molecule has 120 valence electrons. The molecular weight excluding hydrogens is 290 g/mol. The first-order chi connectivity index (χ1) is 10.5. The van der Waals surface area contributed by atoms with Crippen molar-refractivity contribution in [2.45, 2.75) is 19.1 Å². The highest BCUT2D eigenvalue weighted by Crippen LogP contribution is 2.25. The van der Waals surface area contributed by atoms with Gasteiger partial charge in [-0.1, -0.05) is 6.07 Å². The minimum absolute atomic E-state index is 0.0153. The zero-order valence-corrected chi connectivity index (χ0v) is 12.6. The van der Waals surface area contributed by atoms with Crippen molar-refractivity contribution < 1.29 is 18.3 Å². The monoisotopic (exact) mass is 310 g/mol. The minimum atomic E-state index is -0.820. The third-order valence-electron chi connectivity index (χ3n) is 4.49. The fraction of sp³-hybridized carbons (Fsp3) is 0.562. The second kappa shape index (κ2) is 6.30. The Morgan fingerprint density at radius 2 is 2.09 bits per heavy atom. The van der Waals surface area contributed by atoms with E-state index in [1.54, 1.807) is 18.0 Å². The molecule has 3 rings (SSSR count). The Morgan fingerprint density at radius 1 is 1.27 bits per heavy atom. The van der Waals surface area contributed by atoms with Gasteiger partial charge in [0.05, 0.1) is 6.10 Å². The fourth-order valence-electron chi connectivity index (χ4n) is 3.26. The van der Waals surface area contributed by atoms with Crippen molar-refractivity contribution in [3.63, 3.8) is 0 Å². The van der Waals surface area contributed by atoms with Crippen LogP contribution in [-0.2, 0) is 16.1 Å². The number of likely N-dealkylation sites (N-methyl/N-ethyl adjacent to an activating group) is 1. The third kappa shape index (κ3) is 3.28. The van der Waals surface area contributed by atoms with Gasteiger partial charge in [-0.2, -0.15) is 0 Å². The highest BCUT2D eigenvalue weighted by Gasteiger charge is 2.34. The summed E-state index contributed by atoms with van der Waals surface area (Å²) in [7, 11) is 1.79. The Bertz CT molecular complexity index is 567. The molecule has 0 bridgehead atoms. The van der Waals surface area contributed by atoms with Gasteiger partial charge in [0.15, 0.2) is 11.6 Å². The van der Waals surface area contributed by atoms with E-state index in [1.165, 1.54) is 12.1 Å². The molecule has 2 aliphatic heterocycles. The Balaban J connectivity index is 1.65. The van der Waals surface area contributed by atoms with E-state index in [0.717, 1.165) is 25.1 Å². The van der Waals surface area contributed by atoms with Crippen molar-refractivity contribution in [3.05, 3.63) is 35.4 Å². The van der Waals surface area contributed by atoms with Crippen LogP contribution in [0.15, 0.2) is 18.2 Å². The molecule has 0 aliphatic carbocycles. The summed E-state index contributed by atoms with van der Waals surface area (Å²) < 4.78 is 32.0.